The fourth-order valence-corrected chi connectivity index (χ4v) is 2.43. The zero-order valence-electron chi connectivity index (χ0n) is 10.3. The second-order valence-corrected chi connectivity index (χ2v) is 4.64. The lowest BCUT2D eigenvalue weighted by Gasteiger charge is -2.39. The molecule has 1 saturated heterocycles. The number of carbonyl (C=O) groups is 2. The van der Waals surface area contributed by atoms with E-state index in [-0.39, 0.29) is 16.9 Å². The van der Waals surface area contributed by atoms with Gasteiger partial charge < -0.3 is 5.32 Å². The largest absolute Gasteiger partial charge is 0.301 e. The maximum Gasteiger partial charge on any atom is 0.248 e. The molecule has 0 aliphatic carbocycles. The lowest BCUT2D eigenvalue weighted by Crippen LogP contribution is -2.64. The van der Waals surface area contributed by atoms with E-state index in [4.69, 9.17) is 12.2 Å². The van der Waals surface area contributed by atoms with Crippen LogP contribution in [0.2, 0.25) is 0 Å². The van der Waals surface area contributed by atoms with Crippen LogP contribution in [0, 0.1) is 0 Å². The summed E-state index contributed by atoms with van der Waals surface area (Å²) in [5.74, 6) is -0.616. The first kappa shape index (κ1) is 12.7. The highest BCUT2D eigenvalue weighted by molar-refractivity contribution is 7.80. The van der Waals surface area contributed by atoms with E-state index < -0.39 is 5.41 Å². The summed E-state index contributed by atoms with van der Waals surface area (Å²) in [6, 6.07) is 9.08. The van der Waals surface area contributed by atoms with Crippen LogP contribution in [0.25, 0.3) is 0 Å². The van der Waals surface area contributed by atoms with Crippen LogP contribution in [-0.2, 0) is 15.0 Å². The molecular formula is C13H14N2O2S. The van der Waals surface area contributed by atoms with Crippen molar-refractivity contribution in [1.82, 2.24) is 10.2 Å². The highest BCUT2D eigenvalue weighted by Gasteiger charge is 2.51. The Morgan fingerprint density at radius 3 is 2.44 bits per heavy atom. The van der Waals surface area contributed by atoms with Crippen molar-refractivity contribution in [3.63, 3.8) is 0 Å². The summed E-state index contributed by atoms with van der Waals surface area (Å²) >= 11 is 4.96. The number of thiocarbonyl (C=S) groups is 1. The number of rotatable bonds is 2. The molecule has 5 heteroatoms. The third-order valence-corrected chi connectivity index (χ3v) is 3.76. The molecule has 0 aromatic heterocycles. The van der Waals surface area contributed by atoms with Crippen LogP contribution in [0.15, 0.2) is 30.3 Å². The Bertz CT molecular complexity index is 515. The van der Waals surface area contributed by atoms with Crippen LogP contribution in [0.5, 0.6) is 0 Å². The number of nitrogens with zero attached hydrogens (tertiary/aromatic N) is 1. The normalized spacial score (nSPS) is 24.1. The van der Waals surface area contributed by atoms with Crippen LogP contribution in [0.1, 0.15) is 18.9 Å². The van der Waals surface area contributed by atoms with Crippen LogP contribution in [0.4, 0.5) is 0 Å². The van der Waals surface area contributed by atoms with E-state index in [1.54, 1.807) is 19.2 Å². The number of hydrogen-bond donors (Lipinski definition) is 1. The van der Waals surface area contributed by atoms with Crippen molar-refractivity contribution in [2.45, 2.75) is 18.8 Å². The molecule has 1 aromatic carbocycles. The van der Waals surface area contributed by atoms with Gasteiger partial charge in [-0.25, -0.2) is 0 Å². The molecule has 18 heavy (non-hydrogen) atoms. The summed E-state index contributed by atoms with van der Waals surface area (Å²) in [4.78, 5) is 26.1. The average Bonchev–Trinajstić information content (AvgIpc) is 2.39. The molecule has 0 spiro atoms. The maximum atomic E-state index is 12.5. The predicted molar refractivity (Wildman–Crippen MR) is 71.9 cm³/mol. The van der Waals surface area contributed by atoms with Crippen LogP contribution in [-0.4, -0.2) is 28.9 Å². The zero-order chi connectivity index (χ0) is 13.3. The summed E-state index contributed by atoms with van der Waals surface area (Å²) < 4.78 is 0. The van der Waals surface area contributed by atoms with E-state index in [2.05, 4.69) is 5.32 Å². The first-order valence-corrected chi connectivity index (χ1v) is 6.14. The standard InChI is InChI=1S/C13H14N2O2S/c1-3-13(9-7-5-4-6-8-9)10(16)14-12(18)15(2)11(13)17/h4-8H,3H2,1-2H3,(H,14,16,18)/t13-/m0/s1. The van der Waals surface area contributed by atoms with Crippen molar-refractivity contribution in [1.29, 1.82) is 0 Å². The Hall–Kier alpha value is -1.75. The van der Waals surface area contributed by atoms with Gasteiger partial charge in [0, 0.05) is 7.05 Å². The van der Waals surface area contributed by atoms with Gasteiger partial charge in [0.1, 0.15) is 0 Å². The highest BCUT2D eigenvalue weighted by Crippen LogP contribution is 2.32. The van der Waals surface area contributed by atoms with E-state index >= 15 is 0 Å². The molecule has 0 radical (unpaired) electrons. The second kappa shape index (κ2) is 4.49. The molecule has 4 nitrogen and oxygen atoms in total. The molecule has 1 aliphatic rings. The van der Waals surface area contributed by atoms with Crippen molar-refractivity contribution < 1.29 is 9.59 Å². The molecule has 0 bridgehead atoms. The lowest BCUT2D eigenvalue weighted by molar-refractivity contribution is -0.143. The van der Waals surface area contributed by atoms with E-state index in [9.17, 15) is 9.59 Å². The third-order valence-electron chi connectivity index (χ3n) is 3.38. The molecule has 2 amide bonds. The molecule has 1 fully saturated rings. The fourth-order valence-electron chi connectivity index (χ4n) is 2.26. The zero-order valence-corrected chi connectivity index (χ0v) is 11.1. The van der Waals surface area contributed by atoms with Gasteiger partial charge in [-0.05, 0) is 24.2 Å². The molecule has 1 aromatic rings. The Kier molecular flexibility index (Phi) is 3.17. The minimum Gasteiger partial charge on any atom is -0.301 e. The minimum atomic E-state index is -1.17. The van der Waals surface area contributed by atoms with Crippen molar-refractivity contribution >= 4 is 29.1 Å². The summed E-state index contributed by atoms with van der Waals surface area (Å²) in [5, 5.41) is 2.75. The smallest absolute Gasteiger partial charge is 0.248 e. The molecule has 0 unspecified atom stereocenters. The second-order valence-electron chi connectivity index (χ2n) is 4.25. The summed E-state index contributed by atoms with van der Waals surface area (Å²) in [7, 11) is 1.58. The Balaban J connectivity index is 2.58. The van der Waals surface area contributed by atoms with Crippen molar-refractivity contribution in [3.05, 3.63) is 35.9 Å². The average molecular weight is 262 g/mol. The molecule has 1 heterocycles. The molecule has 2 rings (SSSR count). The van der Waals surface area contributed by atoms with Crippen LogP contribution >= 0.6 is 12.2 Å². The first-order valence-electron chi connectivity index (χ1n) is 5.73. The molecule has 0 saturated carbocycles. The van der Waals surface area contributed by atoms with Gasteiger partial charge in [0.15, 0.2) is 10.5 Å². The quantitative estimate of drug-likeness (QED) is 0.644. The number of hydrogen-bond acceptors (Lipinski definition) is 3. The summed E-state index contributed by atoms with van der Waals surface area (Å²) in [6.45, 7) is 1.83. The topological polar surface area (TPSA) is 49.4 Å². The number of likely N-dealkylation sites (N-methyl/N-ethyl adjacent to an activating group) is 1. The van der Waals surface area contributed by atoms with Crippen LogP contribution < -0.4 is 5.32 Å². The molecule has 1 atom stereocenters. The minimum absolute atomic E-state index is 0.157. The third kappa shape index (κ3) is 1.62. The Morgan fingerprint density at radius 2 is 1.89 bits per heavy atom. The number of carbonyl (C=O) groups excluding carboxylic acids is 2. The van der Waals surface area contributed by atoms with Gasteiger partial charge in [0.05, 0.1) is 0 Å². The van der Waals surface area contributed by atoms with Gasteiger partial charge in [-0.2, -0.15) is 0 Å². The Labute approximate surface area is 111 Å². The molecular weight excluding hydrogens is 248 g/mol. The Morgan fingerprint density at radius 1 is 1.28 bits per heavy atom. The monoisotopic (exact) mass is 262 g/mol. The van der Waals surface area contributed by atoms with Crippen molar-refractivity contribution in [2.75, 3.05) is 7.05 Å². The first-order chi connectivity index (χ1) is 8.54. The van der Waals surface area contributed by atoms with Gasteiger partial charge in [-0.15, -0.1) is 0 Å². The number of amides is 2. The molecule has 1 aliphatic heterocycles. The predicted octanol–water partition coefficient (Wildman–Crippen LogP) is 1.21. The molecule has 1 N–H and O–H groups in total. The van der Waals surface area contributed by atoms with Crippen molar-refractivity contribution in [2.24, 2.45) is 0 Å². The number of benzene rings is 1. The van der Waals surface area contributed by atoms with Gasteiger partial charge >= 0.3 is 0 Å². The van der Waals surface area contributed by atoms with Gasteiger partial charge in [-0.3, -0.25) is 14.5 Å². The molecule has 94 valence electrons. The van der Waals surface area contributed by atoms with Gasteiger partial charge in [-0.1, -0.05) is 37.3 Å². The highest BCUT2D eigenvalue weighted by atomic mass is 32.1. The van der Waals surface area contributed by atoms with Crippen molar-refractivity contribution in [3.8, 4) is 0 Å². The SMILES string of the molecule is CC[C@]1(c2ccccc2)C(=O)NC(=S)N(C)C1=O. The fraction of sp³-hybridized carbons (Fsp3) is 0.308. The van der Waals surface area contributed by atoms with E-state index in [0.29, 0.717) is 12.0 Å². The summed E-state index contributed by atoms with van der Waals surface area (Å²) in [5.41, 5.74) is -0.470. The van der Waals surface area contributed by atoms with E-state index in [1.807, 2.05) is 25.1 Å². The van der Waals surface area contributed by atoms with E-state index in [1.165, 1.54) is 4.90 Å². The lowest BCUT2D eigenvalue weighted by atomic mass is 9.75. The number of nitrogens with one attached hydrogen (secondary N) is 1. The van der Waals surface area contributed by atoms with Crippen LogP contribution in [0.3, 0.4) is 0 Å². The summed E-state index contributed by atoms with van der Waals surface area (Å²) in [6.07, 6.45) is 0.397. The van der Waals surface area contributed by atoms with Gasteiger partial charge in [0.25, 0.3) is 0 Å². The maximum absolute atomic E-state index is 12.5. The van der Waals surface area contributed by atoms with Gasteiger partial charge in [0.2, 0.25) is 11.8 Å². The van der Waals surface area contributed by atoms with E-state index in [0.717, 1.165) is 0 Å².